The molecule has 1 amide bonds. The third-order valence-electron chi connectivity index (χ3n) is 8.69. The van der Waals surface area contributed by atoms with Gasteiger partial charge in [0.15, 0.2) is 8.32 Å². The molecule has 3 aromatic rings. The van der Waals surface area contributed by atoms with Gasteiger partial charge in [-0.2, -0.15) is 5.26 Å². The van der Waals surface area contributed by atoms with Crippen molar-refractivity contribution < 1.29 is 18.4 Å². The third kappa shape index (κ3) is 8.21. The van der Waals surface area contributed by atoms with Gasteiger partial charge in [0, 0.05) is 43.1 Å². The second-order valence-corrected chi connectivity index (χ2v) is 19.5. The van der Waals surface area contributed by atoms with Crippen molar-refractivity contribution in [3.63, 3.8) is 0 Å². The molecule has 0 unspecified atom stereocenters. The number of amides is 1. The number of nitrogens with one attached hydrogen (secondary N) is 1. The summed E-state index contributed by atoms with van der Waals surface area (Å²) in [6.45, 7) is 23.2. The van der Waals surface area contributed by atoms with Crippen molar-refractivity contribution >= 4 is 37.4 Å². The summed E-state index contributed by atoms with van der Waals surface area (Å²) in [5.74, 6) is 0.792. The summed E-state index contributed by atoms with van der Waals surface area (Å²) in [6.07, 6.45) is -0.589. The summed E-state index contributed by atoms with van der Waals surface area (Å²) >= 11 is 6.51. The van der Waals surface area contributed by atoms with E-state index >= 15 is 0 Å². The number of hydrogen-bond acceptors (Lipinski definition) is 9. The van der Waals surface area contributed by atoms with Gasteiger partial charge in [-0.05, 0) is 94.7 Å². The van der Waals surface area contributed by atoms with E-state index in [4.69, 9.17) is 25.2 Å². The van der Waals surface area contributed by atoms with Gasteiger partial charge in [0.1, 0.15) is 17.7 Å². The quantitative estimate of drug-likeness (QED) is 0.237. The van der Waals surface area contributed by atoms with E-state index in [0.29, 0.717) is 48.5 Å². The fourth-order valence-corrected chi connectivity index (χ4v) is 6.58. The van der Waals surface area contributed by atoms with Gasteiger partial charge in [0.05, 0.1) is 16.7 Å². The first kappa shape index (κ1) is 35.3. The van der Waals surface area contributed by atoms with Gasteiger partial charge < -0.3 is 28.7 Å². The minimum absolute atomic E-state index is 0.00357. The van der Waals surface area contributed by atoms with Gasteiger partial charge in [0.25, 0.3) is 0 Å². The summed E-state index contributed by atoms with van der Waals surface area (Å²) in [4.78, 5) is 16.5. The van der Waals surface area contributed by atoms with Crippen LogP contribution in [0.1, 0.15) is 71.5 Å². The topological polar surface area (TPSA) is 117 Å². The van der Waals surface area contributed by atoms with E-state index in [2.05, 4.69) is 60.3 Å². The van der Waals surface area contributed by atoms with Gasteiger partial charge in [-0.15, -0.1) is 10.2 Å². The van der Waals surface area contributed by atoms with Gasteiger partial charge in [-0.25, -0.2) is 4.79 Å². The first-order valence-corrected chi connectivity index (χ1v) is 19.0. The molecule has 1 saturated heterocycles. The van der Waals surface area contributed by atoms with E-state index < -0.39 is 20.0 Å². The van der Waals surface area contributed by atoms with Gasteiger partial charge in [0.2, 0.25) is 11.8 Å². The molecule has 46 heavy (non-hydrogen) atoms. The number of carbonyl (C=O) groups excluding carboxylic acids is 1. The lowest BCUT2D eigenvalue weighted by Crippen LogP contribution is -2.50. The highest BCUT2D eigenvalue weighted by Gasteiger charge is 2.41. The Bertz CT molecular complexity index is 1560. The molecule has 1 N–H and O–H groups in total. The zero-order chi connectivity index (χ0) is 34.0. The van der Waals surface area contributed by atoms with E-state index in [1.54, 1.807) is 11.0 Å². The Labute approximate surface area is 279 Å². The van der Waals surface area contributed by atoms with Crippen molar-refractivity contribution in [2.75, 3.05) is 36.4 Å². The molecule has 2 heterocycles. The highest BCUT2D eigenvalue weighted by Crippen LogP contribution is 2.40. The van der Waals surface area contributed by atoms with Crippen LogP contribution in [0.25, 0.3) is 11.5 Å². The molecule has 2 atom stereocenters. The summed E-state index contributed by atoms with van der Waals surface area (Å²) in [5, 5.41) is 22.2. The lowest BCUT2D eigenvalue weighted by molar-refractivity contribution is 0.0240. The Morgan fingerprint density at radius 1 is 1.04 bits per heavy atom. The maximum atomic E-state index is 12.5. The second-order valence-electron chi connectivity index (χ2n) is 14.4. The SMILES string of the molecule is Cc1c(N[C@@H](c2nnc(-c3ccc(N4CCN(C(=O)OC(C)(C)C)CC4)cc3)o2)[C@H](C)O[Si](C)(C)C(C)(C)C)ccc(C#N)c1Cl. The Morgan fingerprint density at radius 3 is 2.24 bits per heavy atom. The number of nitriles is 1. The highest BCUT2D eigenvalue weighted by atomic mass is 35.5. The number of benzene rings is 2. The van der Waals surface area contributed by atoms with Crippen molar-refractivity contribution in [1.82, 2.24) is 15.1 Å². The Kier molecular flexibility index (Phi) is 10.5. The zero-order valence-electron chi connectivity index (χ0n) is 28.7. The smallest absolute Gasteiger partial charge is 0.410 e. The number of nitrogens with zero attached hydrogens (tertiary/aromatic N) is 5. The molecule has 0 spiro atoms. The van der Waals surface area contributed by atoms with Gasteiger partial charge in [-0.3, -0.25) is 0 Å². The predicted octanol–water partition coefficient (Wildman–Crippen LogP) is 8.19. The molecule has 0 saturated carbocycles. The number of rotatable bonds is 8. The lowest BCUT2D eigenvalue weighted by Gasteiger charge is -2.40. The average molecular weight is 667 g/mol. The van der Waals surface area contributed by atoms with E-state index in [9.17, 15) is 10.1 Å². The average Bonchev–Trinajstić information content (AvgIpc) is 3.46. The molecule has 4 rings (SSSR count). The molecule has 1 aromatic heterocycles. The number of hydrogen-bond donors (Lipinski definition) is 1. The van der Waals surface area contributed by atoms with Crippen LogP contribution in [0.3, 0.4) is 0 Å². The minimum atomic E-state index is -2.15. The molecular weight excluding hydrogens is 620 g/mol. The van der Waals surface area contributed by atoms with E-state index in [1.807, 2.05) is 65.0 Å². The van der Waals surface area contributed by atoms with Gasteiger partial charge in [-0.1, -0.05) is 32.4 Å². The lowest BCUT2D eigenvalue weighted by atomic mass is 10.1. The van der Waals surface area contributed by atoms with Crippen LogP contribution in [-0.4, -0.2) is 67.4 Å². The Balaban J connectivity index is 1.53. The number of piperazine rings is 1. The molecule has 0 aliphatic carbocycles. The van der Waals surface area contributed by atoms with Gasteiger partial charge >= 0.3 is 6.09 Å². The molecule has 1 aliphatic rings. The van der Waals surface area contributed by atoms with Crippen molar-refractivity contribution in [3.05, 3.63) is 58.4 Å². The van der Waals surface area contributed by atoms with Crippen molar-refractivity contribution in [2.24, 2.45) is 0 Å². The van der Waals surface area contributed by atoms with Crippen LogP contribution in [0.15, 0.2) is 40.8 Å². The standard InChI is InChI=1S/C34H47ClN6O4Si/c1-22-27(16-13-25(21-36)28(22)35)37-29(23(2)45-46(9,10)34(6,7)8)31-39-38-30(43-31)24-11-14-26(15-12-24)40-17-19-41(20-18-40)32(42)44-33(3,4)5/h11-16,23,29,37H,17-20H2,1-10H3/t23-,29+/m0/s1. The first-order valence-electron chi connectivity index (χ1n) is 15.7. The molecular formula is C34H47ClN6O4Si. The van der Waals surface area contributed by atoms with Crippen LogP contribution >= 0.6 is 11.6 Å². The summed E-state index contributed by atoms with van der Waals surface area (Å²) in [5.41, 5.74) is 3.27. The predicted molar refractivity (Wildman–Crippen MR) is 185 cm³/mol. The normalized spacial score (nSPS) is 15.7. The van der Waals surface area contributed by atoms with Crippen LogP contribution < -0.4 is 10.2 Å². The maximum Gasteiger partial charge on any atom is 0.410 e. The molecule has 248 valence electrons. The molecule has 1 aliphatic heterocycles. The highest BCUT2D eigenvalue weighted by molar-refractivity contribution is 6.74. The van der Waals surface area contributed by atoms with Crippen molar-refractivity contribution in [3.8, 4) is 17.5 Å². The zero-order valence-corrected chi connectivity index (χ0v) is 30.5. The Morgan fingerprint density at radius 2 is 1.67 bits per heavy atom. The van der Waals surface area contributed by atoms with E-state index in [-0.39, 0.29) is 17.2 Å². The third-order valence-corrected chi connectivity index (χ3v) is 13.8. The van der Waals surface area contributed by atoms with Crippen LogP contribution in [0.5, 0.6) is 0 Å². The fourth-order valence-electron chi connectivity index (χ4n) is 4.95. The van der Waals surface area contributed by atoms with Crippen LogP contribution in [0.4, 0.5) is 16.2 Å². The monoisotopic (exact) mass is 666 g/mol. The Hall–Kier alpha value is -3.59. The van der Waals surface area contributed by atoms with Crippen LogP contribution in [-0.2, 0) is 9.16 Å². The van der Waals surface area contributed by atoms with E-state index in [0.717, 1.165) is 22.5 Å². The molecule has 1 fully saturated rings. The summed E-state index contributed by atoms with van der Waals surface area (Å²) in [6, 6.07) is 13.2. The number of ether oxygens (including phenoxy) is 1. The minimum Gasteiger partial charge on any atom is -0.444 e. The fraction of sp³-hybridized carbons (Fsp3) is 0.529. The van der Waals surface area contributed by atoms with Crippen LogP contribution in [0.2, 0.25) is 23.2 Å². The van der Waals surface area contributed by atoms with Crippen LogP contribution in [0, 0.1) is 18.3 Å². The molecule has 0 bridgehead atoms. The van der Waals surface area contributed by atoms with E-state index in [1.165, 1.54) is 0 Å². The number of carbonyl (C=O) groups is 1. The van der Waals surface area contributed by atoms with Crippen molar-refractivity contribution in [2.45, 2.75) is 91.3 Å². The number of anilines is 2. The maximum absolute atomic E-state index is 12.5. The second kappa shape index (κ2) is 13.6. The largest absolute Gasteiger partial charge is 0.444 e. The number of halogens is 1. The molecule has 10 nitrogen and oxygen atoms in total. The van der Waals surface area contributed by atoms with Crippen molar-refractivity contribution in [1.29, 1.82) is 5.26 Å². The molecule has 0 radical (unpaired) electrons. The molecule has 2 aromatic carbocycles. The molecule has 12 heteroatoms. The summed E-state index contributed by atoms with van der Waals surface area (Å²) < 4.78 is 18.6. The number of aromatic nitrogens is 2. The summed E-state index contributed by atoms with van der Waals surface area (Å²) in [7, 11) is -2.15. The first-order chi connectivity index (χ1) is 21.4.